The molecule has 1 aliphatic rings. The first-order valence-corrected chi connectivity index (χ1v) is 9.26. The van der Waals surface area contributed by atoms with Crippen molar-refractivity contribution in [2.75, 3.05) is 38.6 Å². The highest BCUT2D eigenvalue weighted by molar-refractivity contribution is 6.04. The van der Waals surface area contributed by atoms with Crippen LogP contribution in [-0.2, 0) is 16.1 Å². The van der Waals surface area contributed by atoms with Gasteiger partial charge >= 0.3 is 5.97 Å². The maximum atomic E-state index is 12.5. The van der Waals surface area contributed by atoms with Gasteiger partial charge in [-0.1, -0.05) is 6.07 Å². The molecule has 2 aromatic rings. The third-order valence-corrected chi connectivity index (χ3v) is 4.67. The molecule has 2 aromatic heterocycles. The number of methoxy groups -OCH3 is 1. The zero-order valence-corrected chi connectivity index (χ0v) is 16.4. The molecule has 9 nitrogen and oxygen atoms in total. The van der Waals surface area contributed by atoms with Crippen LogP contribution in [0.5, 0.6) is 0 Å². The summed E-state index contributed by atoms with van der Waals surface area (Å²) in [6.45, 7) is 5.19. The quantitative estimate of drug-likeness (QED) is 0.756. The number of hydrogen-bond donors (Lipinski definition) is 1. The Bertz CT molecular complexity index is 909. The van der Waals surface area contributed by atoms with Gasteiger partial charge in [0.05, 0.1) is 12.8 Å². The summed E-state index contributed by atoms with van der Waals surface area (Å²) in [5, 5.41) is 2.74. The Morgan fingerprint density at radius 1 is 1.14 bits per heavy atom. The van der Waals surface area contributed by atoms with Crippen LogP contribution in [0.2, 0.25) is 0 Å². The van der Waals surface area contributed by atoms with Gasteiger partial charge in [0.15, 0.2) is 0 Å². The molecule has 1 saturated heterocycles. The van der Waals surface area contributed by atoms with Gasteiger partial charge in [0.25, 0.3) is 5.91 Å². The molecule has 2 amide bonds. The molecule has 29 heavy (non-hydrogen) atoms. The summed E-state index contributed by atoms with van der Waals surface area (Å²) in [6.07, 6.45) is 1.38. The summed E-state index contributed by atoms with van der Waals surface area (Å²) in [6, 6.07) is 8.32. The van der Waals surface area contributed by atoms with Gasteiger partial charge < -0.3 is 15.0 Å². The molecule has 0 radical (unpaired) electrons. The molecule has 0 saturated carbocycles. The van der Waals surface area contributed by atoms with E-state index in [4.69, 9.17) is 0 Å². The number of ether oxygens (including phenoxy) is 1. The fraction of sp³-hybridized carbons (Fsp3) is 0.350. The second-order valence-electron chi connectivity index (χ2n) is 6.67. The third kappa shape index (κ3) is 5.35. The Morgan fingerprint density at radius 2 is 1.90 bits per heavy atom. The molecule has 152 valence electrons. The molecule has 0 aliphatic carbocycles. The molecule has 1 fully saturated rings. The van der Waals surface area contributed by atoms with E-state index in [1.807, 2.05) is 17.0 Å². The average Bonchev–Trinajstić information content (AvgIpc) is 2.74. The highest BCUT2D eigenvalue weighted by atomic mass is 16.5. The van der Waals surface area contributed by atoms with Gasteiger partial charge in [0.2, 0.25) is 5.91 Å². The lowest BCUT2D eigenvalue weighted by Crippen LogP contribution is -2.47. The monoisotopic (exact) mass is 397 g/mol. The van der Waals surface area contributed by atoms with Crippen molar-refractivity contribution in [1.82, 2.24) is 19.8 Å². The van der Waals surface area contributed by atoms with Crippen LogP contribution in [-0.4, -0.2) is 70.8 Å². The van der Waals surface area contributed by atoms with Crippen LogP contribution in [0.3, 0.4) is 0 Å². The molecule has 0 spiro atoms. The van der Waals surface area contributed by atoms with E-state index in [1.54, 1.807) is 13.0 Å². The predicted molar refractivity (Wildman–Crippen MR) is 105 cm³/mol. The van der Waals surface area contributed by atoms with E-state index in [0.29, 0.717) is 25.5 Å². The number of nitrogens with one attached hydrogen (secondary N) is 1. The third-order valence-electron chi connectivity index (χ3n) is 4.67. The van der Waals surface area contributed by atoms with Crippen LogP contribution < -0.4 is 5.32 Å². The lowest BCUT2D eigenvalue weighted by atomic mass is 10.2. The zero-order chi connectivity index (χ0) is 20.8. The Hall–Kier alpha value is -3.33. The minimum atomic E-state index is -0.607. The van der Waals surface area contributed by atoms with E-state index in [1.165, 1.54) is 25.4 Å². The van der Waals surface area contributed by atoms with E-state index in [2.05, 4.69) is 24.9 Å². The highest BCUT2D eigenvalue weighted by Gasteiger charge is 2.19. The zero-order valence-electron chi connectivity index (χ0n) is 16.4. The molecule has 0 bridgehead atoms. The summed E-state index contributed by atoms with van der Waals surface area (Å²) in [5.74, 6) is -0.479. The van der Waals surface area contributed by atoms with Crippen molar-refractivity contribution in [2.45, 2.75) is 13.5 Å². The Labute approximate surface area is 168 Å². The topological polar surface area (TPSA) is 105 Å². The summed E-state index contributed by atoms with van der Waals surface area (Å²) in [4.78, 5) is 48.0. The van der Waals surface area contributed by atoms with Crippen molar-refractivity contribution < 1.29 is 19.1 Å². The van der Waals surface area contributed by atoms with E-state index < -0.39 is 11.9 Å². The van der Waals surface area contributed by atoms with E-state index in [-0.39, 0.29) is 17.2 Å². The summed E-state index contributed by atoms with van der Waals surface area (Å²) < 4.78 is 4.63. The highest BCUT2D eigenvalue weighted by Crippen LogP contribution is 2.12. The van der Waals surface area contributed by atoms with Crippen LogP contribution in [0.25, 0.3) is 0 Å². The number of carbonyl (C=O) groups excluding carboxylic acids is 3. The largest absolute Gasteiger partial charge is 0.464 e. The van der Waals surface area contributed by atoms with Crippen molar-refractivity contribution in [2.24, 2.45) is 0 Å². The van der Waals surface area contributed by atoms with E-state index >= 15 is 0 Å². The van der Waals surface area contributed by atoms with Crippen molar-refractivity contribution in [3.05, 3.63) is 53.5 Å². The van der Waals surface area contributed by atoms with E-state index in [9.17, 15) is 14.4 Å². The maximum Gasteiger partial charge on any atom is 0.356 e. The smallest absolute Gasteiger partial charge is 0.356 e. The number of pyridine rings is 2. The van der Waals surface area contributed by atoms with Crippen molar-refractivity contribution >= 4 is 23.6 Å². The number of esters is 1. The lowest BCUT2D eigenvalue weighted by Gasteiger charge is -2.33. The normalized spacial score (nSPS) is 14.3. The molecule has 3 heterocycles. The first kappa shape index (κ1) is 20.4. The van der Waals surface area contributed by atoms with Crippen molar-refractivity contribution in [3.63, 3.8) is 0 Å². The Kier molecular flexibility index (Phi) is 6.50. The second-order valence-corrected chi connectivity index (χ2v) is 6.67. The fourth-order valence-corrected chi connectivity index (χ4v) is 3.06. The first-order chi connectivity index (χ1) is 14.0. The van der Waals surface area contributed by atoms with Crippen molar-refractivity contribution in [3.8, 4) is 0 Å². The number of piperazine rings is 1. The molecule has 3 rings (SSSR count). The van der Waals surface area contributed by atoms with Gasteiger partial charge in [-0.15, -0.1) is 0 Å². The standard InChI is InChI=1S/C20H23N5O4/c1-14(26)25-10-8-24(9-11-25)13-16-4-3-5-18(22-16)23-19(27)15-6-7-21-17(12-15)20(28)29-2/h3-7,12H,8-11,13H2,1-2H3,(H,22,23,27). The number of amides is 2. The summed E-state index contributed by atoms with van der Waals surface area (Å²) in [5.41, 5.74) is 1.17. The molecule has 0 atom stereocenters. The lowest BCUT2D eigenvalue weighted by molar-refractivity contribution is -0.130. The first-order valence-electron chi connectivity index (χ1n) is 9.26. The van der Waals surface area contributed by atoms with Gasteiger partial charge in [-0.25, -0.2) is 14.8 Å². The second kappa shape index (κ2) is 9.24. The van der Waals surface area contributed by atoms with Gasteiger partial charge in [-0.05, 0) is 24.3 Å². The van der Waals surface area contributed by atoms with Gasteiger partial charge in [0.1, 0.15) is 11.5 Å². The molecular weight excluding hydrogens is 374 g/mol. The predicted octanol–water partition coefficient (Wildman–Crippen LogP) is 1.18. The number of rotatable bonds is 5. The maximum absolute atomic E-state index is 12.5. The number of aromatic nitrogens is 2. The molecule has 1 aliphatic heterocycles. The number of carbonyl (C=O) groups is 3. The van der Waals surface area contributed by atoms with Gasteiger partial charge in [0, 0.05) is 51.4 Å². The minimum Gasteiger partial charge on any atom is -0.464 e. The van der Waals surface area contributed by atoms with Crippen LogP contribution in [0.1, 0.15) is 33.5 Å². The SMILES string of the molecule is COC(=O)c1cc(C(=O)Nc2cccc(CN3CCN(C(C)=O)CC3)n2)ccn1. The number of anilines is 1. The van der Waals surface area contributed by atoms with Crippen molar-refractivity contribution in [1.29, 1.82) is 0 Å². The molecule has 9 heteroatoms. The molecule has 1 N–H and O–H groups in total. The molecule has 0 unspecified atom stereocenters. The van der Waals surface area contributed by atoms with Crippen LogP contribution in [0.4, 0.5) is 5.82 Å². The molecule has 0 aromatic carbocycles. The minimum absolute atomic E-state index is 0.0616. The Balaban J connectivity index is 1.62. The van der Waals surface area contributed by atoms with E-state index in [0.717, 1.165) is 18.8 Å². The van der Waals surface area contributed by atoms with Crippen LogP contribution >= 0.6 is 0 Å². The molecular formula is C20H23N5O4. The van der Waals surface area contributed by atoms with Crippen LogP contribution in [0.15, 0.2) is 36.5 Å². The summed E-state index contributed by atoms with van der Waals surface area (Å²) >= 11 is 0. The number of hydrogen-bond acceptors (Lipinski definition) is 7. The average molecular weight is 397 g/mol. The van der Waals surface area contributed by atoms with Gasteiger partial charge in [-0.3, -0.25) is 14.5 Å². The summed E-state index contributed by atoms with van der Waals surface area (Å²) in [7, 11) is 1.26. The van der Waals surface area contributed by atoms with Gasteiger partial charge in [-0.2, -0.15) is 0 Å². The van der Waals surface area contributed by atoms with Crippen LogP contribution in [0, 0.1) is 0 Å². The Morgan fingerprint density at radius 3 is 2.59 bits per heavy atom. The fourth-order valence-electron chi connectivity index (χ4n) is 3.06. The number of nitrogens with zero attached hydrogens (tertiary/aromatic N) is 4.